The molecule has 0 unspecified atom stereocenters. The quantitative estimate of drug-likeness (QED) is 0.673. The van der Waals surface area contributed by atoms with Crippen molar-refractivity contribution in [1.29, 1.82) is 0 Å². The summed E-state index contributed by atoms with van der Waals surface area (Å²) in [6.07, 6.45) is 0. The molecule has 0 aliphatic rings. The number of hydrogen-bond donors (Lipinski definition) is 2. The van der Waals surface area contributed by atoms with Crippen molar-refractivity contribution in [2.24, 2.45) is 0 Å². The Morgan fingerprint density at radius 3 is 2.50 bits per heavy atom. The van der Waals surface area contributed by atoms with Crippen molar-refractivity contribution < 1.29 is 19.7 Å². The third-order valence-electron chi connectivity index (χ3n) is 2.47. The minimum atomic E-state index is -0.877. The Kier molecular flexibility index (Phi) is 6.18. The van der Waals surface area contributed by atoms with Crippen LogP contribution in [-0.4, -0.2) is 49.1 Å². The highest BCUT2D eigenvalue weighted by Gasteiger charge is 2.10. The molecule has 1 rings (SSSR count). The molecule has 1 aromatic carbocycles. The van der Waals surface area contributed by atoms with E-state index in [1.54, 1.807) is 4.90 Å². The molecule has 0 spiro atoms. The van der Waals surface area contributed by atoms with Crippen LogP contribution in [0.2, 0.25) is 0 Å². The fourth-order valence-corrected chi connectivity index (χ4v) is 1.56. The van der Waals surface area contributed by atoms with Crippen LogP contribution in [0.1, 0.15) is 5.56 Å². The number of hydrogen-bond acceptors (Lipinski definition) is 4. The van der Waals surface area contributed by atoms with Gasteiger partial charge >= 0.3 is 5.97 Å². The smallest absolute Gasteiger partial charge is 0.323 e. The Hall–Kier alpha value is -1.59. The number of aryl methyl sites for hydroxylation is 1. The van der Waals surface area contributed by atoms with Crippen LogP contribution < -0.4 is 4.90 Å². The molecule has 5 nitrogen and oxygen atoms in total. The lowest BCUT2D eigenvalue weighted by molar-refractivity contribution is -0.135. The number of carboxylic acid groups (broad SMARTS) is 1. The van der Waals surface area contributed by atoms with E-state index in [2.05, 4.69) is 0 Å². The second-order valence-electron chi connectivity index (χ2n) is 3.99. The van der Waals surface area contributed by atoms with E-state index in [9.17, 15) is 4.79 Å². The number of benzene rings is 1. The zero-order valence-electron chi connectivity index (χ0n) is 10.5. The van der Waals surface area contributed by atoms with E-state index in [1.807, 2.05) is 31.2 Å². The van der Waals surface area contributed by atoms with Gasteiger partial charge < -0.3 is 19.8 Å². The van der Waals surface area contributed by atoms with Crippen molar-refractivity contribution in [2.75, 3.05) is 37.8 Å². The van der Waals surface area contributed by atoms with Crippen molar-refractivity contribution in [2.45, 2.75) is 6.92 Å². The summed E-state index contributed by atoms with van der Waals surface area (Å²) in [5, 5.41) is 17.5. The SMILES string of the molecule is Cc1ccc(N(CCOCCO)CC(=O)O)cc1. The summed E-state index contributed by atoms with van der Waals surface area (Å²) in [6.45, 7) is 3.04. The number of aliphatic hydroxyl groups is 1. The van der Waals surface area contributed by atoms with Gasteiger partial charge in [-0.1, -0.05) is 17.7 Å². The first-order chi connectivity index (χ1) is 8.63. The topological polar surface area (TPSA) is 70.0 Å². The molecule has 1 aromatic rings. The van der Waals surface area contributed by atoms with Crippen LogP contribution in [0.3, 0.4) is 0 Å². The summed E-state index contributed by atoms with van der Waals surface area (Å²) in [5.74, 6) is -0.877. The molecule has 0 bridgehead atoms. The molecule has 0 atom stereocenters. The number of rotatable bonds is 8. The maximum Gasteiger partial charge on any atom is 0.323 e. The van der Waals surface area contributed by atoms with Gasteiger partial charge in [0, 0.05) is 12.2 Å². The summed E-state index contributed by atoms with van der Waals surface area (Å²) in [5.41, 5.74) is 1.99. The molecule has 0 aliphatic carbocycles. The molecule has 0 aliphatic heterocycles. The van der Waals surface area contributed by atoms with Gasteiger partial charge in [0.2, 0.25) is 0 Å². The van der Waals surface area contributed by atoms with Crippen molar-refractivity contribution in [3.63, 3.8) is 0 Å². The van der Waals surface area contributed by atoms with Gasteiger partial charge in [0.1, 0.15) is 6.54 Å². The summed E-state index contributed by atoms with van der Waals surface area (Å²) in [7, 11) is 0. The van der Waals surface area contributed by atoms with Crippen LogP contribution in [0.25, 0.3) is 0 Å². The zero-order chi connectivity index (χ0) is 13.4. The summed E-state index contributed by atoms with van der Waals surface area (Å²) < 4.78 is 5.16. The van der Waals surface area contributed by atoms with E-state index >= 15 is 0 Å². The second-order valence-corrected chi connectivity index (χ2v) is 3.99. The second kappa shape index (κ2) is 7.68. The molecule has 5 heteroatoms. The fraction of sp³-hybridized carbons (Fsp3) is 0.462. The molecule has 0 saturated carbocycles. The van der Waals surface area contributed by atoms with Crippen LogP contribution in [0.5, 0.6) is 0 Å². The standard InChI is InChI=1S/C13H19NO4/c1-11-2-4-12(5-3-11)14(10-13(16)17)6-8-18-9-7-15/h2-5,15H,6-10H2,1H3,(H,16,17). The molecule has 2 N–H and O–H groups in total. The highest BCUT2D eigenvalue weighted by Crippen LogP contribution is 2.14. The van der Waals surface area contributed by atoms with E-state index in [0.717, 1.165) is 11.3 Å². The van der Waals surface area contributed by atoms with Gasteiger partial charge in [-0.2, -0.15) is 0 Å². The first kappa shape index (κ1) is 14.5. The number of ether oxygens (including phenoxy) is 1. The van der Waals surface area contributed by atoms with E-state index in [4.69, 9.17) is 14.9 Å². The van der Waals surface area contributed by atoms with E-state index < -0.39 is 5.97 Å². The van der Waals surface area contributed by atoms with Crippen molar-refractivity contribution in [3.05, 3.63) is 29.8 Å². The van der Waals surface area contributed by atoms with Gasteiger partial charge in [-0.3, -0.25) is 4.79 Å². The van der Waals surface area contributed by atoms with Crippen LogP contribution in [-0.2, 0) is 9.53 Å². The van der Waals surface area contributed by atoms with E-state index in [1.165, 1.54) is 0 Å². The highest BCUT2D eigenvalue weighted by molar-refractivity contribution is 5.73. The Morgan fingerprint density at radius 2 is 1.94 bits per heavy atom. The maximum absolute atomic E-state index is 10.8. The van der Waals surface area contributed by atoms with Gasteiger partial charge in [0.25, 0.3) is 0 Å². The fourth-order valence-electron chi connectivity index (χ4n) is 1.56. The lowest BCUT2D eigenvalue weighted by atomic mass is 10.2. The third-order valence-corrected chi connectivity index (χ3v) is 2.47. The van der Waals surface area contributed by atoms with Crippen LogP contribution in [0.15, 0.2) is 24.3 Å². The van der Waals surface area contributed by atoms with Gasteiger partial charge in [-0.25, -0.2) is 0 Å². The predicted molar refractivity (Wildman–Crippen MR) is 68.9 cm³/mol. The normalized spacial score (nSPS) is 10.3. The summed E-state index contributed by atoms with van der Waals surface area (Å²) in [6, 6.07) is 7.67. The number of nitrogens with zero attached hydrogens (tertiary/aromatic N) is 1. The molecule has 0 radical (unpaired) electrons. The third kappa shape index (κ3) is 5.16. The molecule has 0 fully saturated rings. The van der Waals surface area contributed by atoms with Crippen molar-refractivity contribution >= 4 is 11.7 Å². The minimum Gasteiger partial charge on any atom is -0.480 e. The Morgan fingerprint density at radius 1 is 1.28 bits per heavy atom. The maximum atomic E-state index is 10.8. The van der Waals surface area contributed by atoms with Gasteiger partial charge in [-0.15, -0.1) is 0 Å². The number of anilines is 1. The molecule has 0 aromatic heterocycles. The molecular formula is C13H19NO4. The highest BCUT2D eigenvalue weighted by atomic mass is 16.5. The summed E-state index contributed by atoms with van der Waals surface area (Å²) in [4.78, 5) is 12.6. The zero-order valence-corrected chi connectivity index (χ0v) is 10.5. The van der Waals surface area contributed by atoms with Crippen LogP contribution in [0.4, 0.5) is 5.69 Å². The van der Waals surface area contributed by atoms with Crippen molar-refractivity contribution in [1.82, 2.24) is 0 Å². The Balaban J connectivity index is 2.59. The minimum absolute atomic E-state index is 0.0243. The lowest BCUT2D eigenvalue weighted by Gasteiger charge is -2.22. The largest absolute Gasteiger partial charge is 0.480 e. The van der Waals surface area contributed by atoms with Gasteiger partial charge in [-0.05, 0) is 19.1 Å². The van der Waals surface area contributed by atoms with Crippen LogP contribution >= 0.6 is 0 Å². The average Bonchev–Trinajstić information content (AvgIpc) is 2.34. The molecule has 0 heterocycles. The predicted octanol–water partition coefficient (Wildman–Crippen LogP) is 0.895. The van der Waals surface area contributed by atoms with E-state index in [0.29, 0.717) is 13.2 Å². The number of aliphatic carboxylic acids is 1. The monoisotopic (exact) mass is 253 g/mol. The number of carbonyl (C=O) groups is 1. The van der Waals surface area contributed by atoms with Crippen molar-refractivity contribution in [3.8, 4) is 0 Å². The van der Waals surface area contributed by atoms with Gasteiger partial charge in [0.05, 0.1) is 19.8 Å². The molecule has 100 valence electrons. The first-order valence-corrected chi connectivity index (χ1v) is 5.85. The average molecular weight is 253 g/mol. The summed E-state index contributed by atoms with van der Waals surface area (Å²) >= 11 is 0. The van der Waals surface area contributed by atoms with E-state index in [-0.39, 0.29) is 19.8 Å². The lowest BCUT2D eigenvalue weighted by Crippen LogP contribution is -2.33. The number of aliphatic hydroxyl groups excluding tert-OH is 1. The first-order valence-electron chi connectivity index (χ1n) is 5.85. The molecule has 18 heavy (non-hydrogen) atoms. The Labute approximate surface area is 107 Å². The molecular weight excluding hydrogens is 234 g/mol. The number of carboxylic acids is 1. The van der Waals surface area contributed by atoms with Gasteiger partial charge in [0.15, 0.2) is 0 Å². The Bertz CT molecular complexity index is 364. The molecule has 0 amide bonds. The molecule has 0 saturated heterocycles. The van der Waals surface area contributed by atoms with Crippen LogP contribution in [0, 0.1) is 6.92 Å².